The Bertz CT molecular complexity index is 975. The highest BCUT2D eigenvalue weighted by atomic mass is 32.2. The molecule has 144 valence electrons. The third-order valence-electron chi connectivity index (χ3n) is 4.77. The van der Waals surface area contributed by atoms with Crippen LogP contribution in [-0.2, 0) is 23.0 Å². The molecule has 1 amide bonds. The lowest BCUT2D eigenvalue weighted by Crippen LogP contribution is -2.34. The maximum atomic E-state index is 13.4. The highest BCUT2D eigenvalue weighted by Gasteiger charge is 2.33. The monoisotopic (exact) mass is 390 g/mol. The summed E-state index contributed by atoms with van der Waals surface area (Å²) >= 11 is 0. The normalized spacial score (nSPS) is 16.3. The van der Waals surface area contributed by atoms with Gasteiger partial charge in [-0.05, 0) is 61.7 Å². The number of halogens is 1. The van der Waals surface area contributed by atoms with Crippen LogP contribution in [0.1, 0.15) is 35.3 Å². The zero-order valence-electron chi connectivity index (χ0n) is 15.6. The minimum atomic E-state index is -3.36. The molecule has 0 aromatic heterocycles. The quantitative estimate of drug-likeness (QED) is 0.788. The average molecular weight is 390 g/mol. The molecule has 1 unspecified atom stereocenters. The van der Waals surface area contributed by atoms with Gasteiger partial charge in [-0.15, -0.1) is 0 Å². The van der Waals surface area contributed by atoms with E-state index in [0.717, 1.165) is 11.1 Å². The Morgan fingerprint density at radius 3 is 2.63 bits per heavy atom. The second-order valence-corrected chi connectivity index (χ2v) is 8.76. The van der Waals surface area contributed by atoms with Crippen LogP contribution in [0.2, 0.25) is 0 Å². The number of carbonyl (C=O) groups excluding carboxylic acids is 1. The molecule has 0 aliphatic carbocycles. The molecule has 1 heterocycles. The fourth-order valence-corrected chi connectivity index (χ4v) is 4.87. The van der Waals surface area contributed by atoms with Crippen LogP contribution in [0.5, 0.6) is 0 Å². The predicted octanol–water partition coefficient (Wildman–Crippen LogP) is 3.20. The zero-order chi connectivity index (χ0) is 19.8. The van der Waals surface area contributed by atoms with Crippen LogP contribution < -0.4 is 4.31 Å². The van der Waals surface area contributed by atoms with E-state index in [1.807, 2.05) is 13.8 Å². The number of sulfonamides is 1. The Kier molecular flexibility index (Phi) is 5.24. The molecule has 1 aliphatic heterocycles. The minimum absolute atomic E-state index is 0.157. The number of fused-ring (bicyclic) bond motifs is 1. The number of carbonyl (C=O) groups is 1. The van der Waals surface area contributed by atoms with Crippen molar-refractivity contribution in [3.63, 3.8) is 0 Å². The molecule has 1 atom stereocenters. The molecule has 3 rings (SSSR count). The third-order valence-corrected chi connectivity index (χ3v) is 6.04. The zero-order valence-corrected chi connectivity index (χ0v) is 16.5. The molecule has 0 saturated carbocycles. The number of hydrogen-bond donors (Lipinski definition) is 0. The number of nitrogens with zero attached hydrogens (tertiary/aromatic N) is 2. The molecular formula is C20H23FN2O3S. The van der Waals surface area contributed by atoms with Gasteiger partial charge in [0.1, 0.15) is 5.82 Å². The fourth-order valence-electron chi connectivity index (χ4n) is 3.61. The highest BCUT2D eigenvalue weighted by molar-refractivity contribution is 7.92. The lowest BCUT2D eigenvalue weighted by atomic mass is 10.1. The van der Waals surface area contributed by atoms with E-state index < -0.39 is 10.0 Å². The highest BCUT2D eigenvalue weighted by Crippen LogP contribution is 2.35. The third kappa shape index (κ3) is 3.98. The number of rotatable bonds is 5. The summed E-state index contributed by atoms with van der Waals surface area (Å²) < 4.78 is 38.9. The average Bonchev–Trinajstić information content (AvgIpc) is 2.94. The van der Waals surface area contributed by atoms with Gasteiger partial charge in [0.15, 0.2) is 0 Å². The van der Waals surface area contributed by atoms with Gasteiger partial charge in [0.05, 0.1) is 11.9 Å². The minimum Gasteiger partial charge on any atom is -0.335 e. The van der Waals surface area contributed by atoms with Crippen LogP contribution in [0.4, 0.5) is 10.1 Å². The molecule has 1 aliphatic rings. The Morgan fingerprint density at radius 1 is 1.26 bits per heavy atom. The maximum Gasteiger partial charge on any atom is 0.254 e. The Balaban J connectivity index is 1.86. The molecule has 0 fully saturated rings. The van der Waals surface area contributed by atoms with Gasteiger partial charge in [-0.1, -0.05) is 12.1 Å². The molecule has 0 radical (unpaired) electrons. The Labute approximate surface area is 159 Å². The molecule has 2 aromatic rings. The first kappa shape index (κ1) is 19.4. The molecule has 5 nitrogen and oxygen atoms in total. The predicted molar refractivity (Wildman–Crippen MR) is 104 cm³/mol. The van der Waals surface area contributed by atoms with Gasteiger partial charge in [0.2, 0.25) is 10.0 Å². The van der Waals surface area contributed by atoms with Gasteiger partial charge in [-0.3, -0.25) is 9.10 Å². The maximum absolute atomic E-state index is 13.4. The number of anilines is 1. The topological polar surface area (TPSA) is 57.7 Å². The lowest BCUT2D eigenvalue weighted by Gasteiger charge is -2.23. The summed E-state index contributed by atoms with van der Waals surface area (Å²) in [5.74, 6) is -0.488. The number of hydrogen-bond acceptors (Lipinski definition) is 3. The van der Waals surface area contributed by atoms with E-state index in [4.69, 9.17) is 0 Å². The molecule has 7 heteroatoms. The number of benzene rings is 2. The summed E-state index contributed by atoms with van der Waals surface area (Å²) in [6.45, 7) is 4.53. The standard InChI is InChI=1S/C20H23FN2O3S/c1-4-22(13-15-6-5-7-18(21)11-15)20(24)16-8-9-19-17(12-16)10-14(2)23(19)27(3,25)26/h5-9,11-12,14H,4,10,13H2,1-3H3. The first-order valence-electron chi connectivity index (χ1n) is 8.86. The van der Waals surface area contributed by atoms with Crippen molar-refractivity contribution in [2.45, 2.75) is 32.9 Å². The number of amides is 1. The second-order valence-electron chi connectivity index (χ2n) is 6.90. The summed E-state index contributed by atoms with van der Waals surface area (Å²) in [4.78, 5) is 14.6. The van der Waals surface area contributed by atoms with Crippen LogP contribution >= 0.6 is 0 Å². The summed E-state index contributed by atoms with van der Waals surface area (Å²) in [6.07, 6.45) is 1.76. The van der Waals surface area contributed by atoms with Crippen molar-refractivity contribution in [1.82, 2.24) is 4.90 Å². The Morgan fingerprint density at radius 2 is 2.00 bits per heavy atom. The van der Waals surface area contributed by atoms with Gasteiger partial charge in [-0.2, -0.15) is 0 Å². The smallest absolute Gasteiger partial charge is 0.254 e. The van der Waals surface area contributed by atoms with E-state index in [0.29, 0.717) is 30.8 Å². The summed E-state index contributed by atoms with van der Waals surface area (Å²) in [7, 11) is -3.36. The van der Waals surface area contributed by atoms with Crippen molar-refractivity contribution >= 4 is 21.6 Å². The molecule has 2 aromatic carbocycles. The van der Waals surface area contributed by atoms with E-state index >= 15 is 0 Å². The Hall–Kier alpha value is -2.41. The lowest BCUT2D eigenvalue weighted by molar-refractivity contribution is 0.0752. The molecule has 0 saturated heterocycles. The van der Waals surface area contributed by atoms with Crippen molar-refractivity contribution in [1.29, 1.82) is 0 Å². The van der Waals surface area contributed by atoms with Gasteiger partial charge < -0.3 is 4.90 Å². The van der Waals surface area contributed by atoms with Crippen LogP contribution in [0, 0.1) is 5.82 Å². The van der Waals surface area contributed by atoms with E-state index in [9.17, 15) is 17.6 Å². The van der Waals surface area contributed by atoms with Crippen molar-refractivity contribution in [2.75, 3.05) is 17.1 Å². The summed E-state index contributed by atoms with van der Waals surface area (Å²) in [5.41, 5.74) is 2.72. The molecular weight excluding hydrogens is 367 g/mol. The van der Waals surface area contributed by atoms with E-state index in [1.165, 1.54) is 22.7 Å². The molecule has 0 spiro atoms. The van der Waals surface area contributed by atoms with Crippen molar-refractivity contribution in [3.8, 4) is 0 Å². The first-order chi connectivity index (χ1) is 12.7. The van der Waals surface area contributed by atoms with Crippen LogP contribution in [0.15, 0.2) is 42.5 Å². The summed E-state index contributed by atoms with van der Waals surface area (Å²) in [5, 5.41) is 0. The first-order valence-corrected chi connectivity index (χ1v) is 10.7. The van der Waals surface area contributed by atoms with Gasteiger partial charge in [0.25, 0.3) is 5.91 Å². The van der Waals surface area contributed by atoms with Crippen LogP contribution in [0.25, 0.3) is 0 Å². The largest absolute Gasteiger partial charge is 0.335 e. The van der Waals surface area contributed by atoms with E-state index in [2.05, 4.69) is 0 Å². The second kappa shape index (κ2) is 7.31. The van der Waals surface area contributed by atoms with E-state index in [-0.39, 0.29) is 17.8 Å². The van der Waals surface area contributed by atoms with Crippen molar-refractivity contribution in [2.24, 2.45) is 0 Å². The molecule has 27 heavy (non-hydrogen) atoms. The SMILES string of the molecule is CCN(Cc1cccc(F)c1)C(=O)c1ccc2c(c1)CC(C)N2S(C)(=O)=O. The van der Waals surface area contributed by atoms with Crippen molar-refractivity contribution < 1.29 is 17.6 Å². The van der Waals surface area contributed by atoms with Gasteiger partial charge >= 0.3 is 0 Å². The van der Waals surface area contributed by atoms with Crippen LogP contribution in [-0.4, -0.2) is 38.1 Å². The van der Waals surface area contributed by atoms with E-state index in [1.54, 1.807) is 35.2 Å². The van der Waals surface area contributed by atoms with Crippen LogP contribution in [0.3, 0.4) is 0 Å². The van der Waals surface area contributed by atoms with Gasteiger partial charge in [-0.25, -0.2) is 12.8 Å². The summed E-state index contributed by atoms with van der Waals surface area (Å²) in [6, 6.07) is 11.2. The molecule has 0 bridgehead atoms. The fraction of sp³-hybridized carbons (Fsp3) is 0.350. The van der Waals surface area contributed by atoms with Gasteiger partial charge in [0, 0.05) is 24.7 Å². The van der Waals surface area contributed by atoms with Crippen molar-refractivity contribution in [3.05, 3.63) is 65.0 Å². The molecule has 0 N–H and O–H groups in total.